The van der Waals surface area contributed by atoms with Crippen LogP contribution in [0, 0.1) is 11.7 Å². The number of hydrogen-bond acceptors (Lipinski definition) is 2. The number of hydrogen-bond donors (Lipinski definition) is 1. The summed E-state index contributed by atoms with van der Waals surface area (Å²) in [6.07, 6.45) is 2.31. The maximum Gasteiger partial charge on any atom is 0.129 e. The van der Waals surface area contributed by atoms with Gasteiger partial charge >= 0.3 is 0 Å². The van der Waals surface area contributed by atoms with Gasteiger partial charge in [0.05, 0.1) is 0 Å². The van der Waals surface area contributed by atoms with Gasteiger partial charge in [-0.3, -0.25) is 4.90 Å². The van der Waals surface area contributed by atoms with Crippen LogP contribution in [-0.2, 0) is 0 Å². The lowest BCUT2D eigenvalue weighted by atomic mass is 9.84. The van der Waals surface area contributed by atoms with Crippen LogP contribution < -0.4 is 5.32 Å². The van der Waals surface area contributed by atoms with Gasteiger partial charge in [0.25, 0.3) is 0 Å². The lowest BCUT2D eigenvalue weighted by molar-refractivity contribution is 0.115. The van der Waals surface area contributed by atoms with Gasteiger partial charge in [-0.05, 0) is 44.5 Å². The van der Waals surface area contributed by atoms with Crippen molar-refractivity contribution in [1.82, 2.24) is 10.2 Å². The number of piperidine rings is 1. The molecule has 1 N–H and O–H groups in total. The summed E-state index contributed by atoms with van der Waals surface area (Å²) in [4.78, 5) is 2.27. The van der Waals surface area contributed by atoms with E-state index in [2.05, 4.69) is 31.1 Å². The second-order valence-electron chi connectivity index (χ2n) is 6.06. The number of nitrogens with zero attached hydrogens (tertiary/aromatic N) is 1. The molecule has 1 fully saturated rings. The van der Waals surface area contributed by atoms with Crippen LogP contribution >= 0.6 is 11.6 Å². The molecule has 4 heteroatoms. The average molecular weight is 299 g/mol. The zero-order valence-corrected chi connectivity index (χ0v) is 13.3. The lowest BCUT2D eigenvalue weighted by Gasteiger charge is -2.40. The van der Waals surface area contributed by atoms with Gasteiger partial charge < -0.3 is 5.32 Å². The molecule has 1 saturated heterocycles. The summed E-state index contributed by atoms with van der Waals surface area (Å²) in [6.45, 7) is 6.23. The van der Waals surface area contributed by atoms with E-state index in [1.807, 2.05) is 6.07 Å². The van der Waals surface area contributed by atoms with Crippen molar-refractivity contribution in [3.63, 3.8) is 0 Å². The largest absolute Gasteiger partial charge is 0.314 e. The highest BCUT2D eigenvalue weighted by Gasteiger charge is 2.32. The number of rotatable bonds is 4. The van der Waals surface area contributed by atoms with Crippen molar-refractivity contribution >= 4 is 11.6 Å². The fourth-order valence-electron chi connectivity index (χ4n) is 3.09. The standard InChI is InChI=1S/C16H24ClFN2/c1-11(2)19-10-12-5-4-8-20(3)16(12)14-7-6-13(17)9-15(14)18/h6-7,9,11-12,16,19H,4-5,8,10H2,1-3H3. The van der Waals surface area contributed by atoms with Crippen LogP contribution in [0.3, 0.4) is 0 Å². The van der Waals surface area contributed by atoms with Gasteiger partial charge in [-0.1, -0.05) is 31.5 Å². The zero-order valence-electron chi connectivity index (χ0n) is 12.5. The molecule has 1 aromatic rings. The molecule has 1 aliphatic rings. The summed E-state index contributed by atoms with van der Waals surface area (Å²) in [7, 11) is 2.08. The van der Waals surface area contributed by atoms with Crippen LogP contribution in [0.25, 0.3) is 0 Å². The maximum atomic E-state index is 14.2. The van der Waals surface area contributed by atoms with E-state index in [0.717, 1.165) is 25.1 Å². The molecular formula is C16H24ClFN2. The summed E-state index contributed by atoms with van der Waals surface area (Å²) in [5.74, 6) is 0.248. The monoisotopic (exact) mass is 298 g/mol. The normalized spacial score (nSPS) is 24.3. The molecular weight excluding hydrogens is 275 g/mol. The van der Waals surface area contributed by atoms with Crippen LogP contribution in [0.1, 0.15) is 38.3 Å². The van der Waals surface area contributed by atoms with E-state index in [1.165, 1.54) is 12.5 Å². The van der Waals surface area contributed by atoms with E-state index in [0.29, 0.717) is 17.0 Å². The molecule has 0 aromatic heterocycles. The molecule has 0 bridgehead atoms. The molecule has 0 saturated carbocycles. The van der Waals surface area contributed by atoms with Crippen LogP contribution in [0.2, 0.25) is 5.02 Å². The van der Waals surface area contributed by atoms with E-state index in [4.69, 9.17) is 11.6 Å². The fraction of sp³-hybridized carbons (Fsp3) is 0.625. The topological polar surface area (TPSA) is 15.3 Å². The van der Waals surface area contributed by atoms with Crippen molar-refractivity contribution in [3.05, 3.63) is 34.6 Å². The SMILES string of the molecule is CC(C)NCC1CCCN(C)C1c1ccc(Cl)cc1F. The molecule has 2 unspecified atom stereocenters. The van der Waals surface area contributed by atoms with Crippen LogP contribution in [0.5, 0.6) is 0 Å². The minimum atomic E-state index is -0.189. The third-order valence-corrected chi connectivity index (χ3v) is 4.31. The summed E-state index contributed by atoms with van der Waals surface area (Å²) < 4.78 is 14.2. The summed E-state index contributed by atoms with van der Waals surface area (Å²) in [5.41, 5.74) is 0.771. The predicted molar refractivity (Wildman–Crippen MR) is 82.6 cm³/mol. The molecule has 1 aliphatic heterocycles. The first-order valence-corrected chi connectivity index (χ1v) is 7.75. The smallest absolute Gasteiger partial charge is 0.129 e. The van der Waals surface area contributed by atoms with Gasteiger partial charge in [0.1, 0.15) is 5.82 Å². The second kappa shape index (κ2) is 6.88. The van der Waals surface area contributed by atoms with E-state index in [-0.39, 0.29) is 11.9 Å². The van der Waals surface area contributed by atoms with Gasteiger partial charge in [0, 0.05) is 29.2 Å². The molecule has 0 amide bonds. The Kier molecular flexibility index (Phi) is 5.42. The second-order valence-corrected chi connectivity index (χ2v) is 6.49. The van der Waals surface area contributed by atoms with Crippen LogP contribution in [0.4, 0.5) is 4.39 Å². The third kappa shape index (κ3) is 3.72. The zero-order chi connectivity index (χ0) is 14.7. The summed E-state index contributed by atoms with van der Waals surface area (Å²) in [5, 5.41) is 3.95. The Morgan fingerprint density at radius 1 is 1.45 bits per heavy atom. The first-order valence-electron chi connectivity index (χ1n) is 7.37. The van der Waals surface area contributed by atoms with Gasteiger partial charge in [-0.15, -0.1) is 0 Å². The van der Waals surface area contributed by atoms with Gasteiger partial charge in [-0.25, -0.2) is 4.39 Å². The van der Waals surface area contributed by atoms with Crippen LogP contribution in [-0.4, -0.2) is 31.1 Å². The maximum absolute atomic E-state index is 14.2. The Balaban J connectivity index is 2.22. The highest BCUT2D eigenvalue weighted by atomic mass is 35.5. The lowest BCUT2D eigenvalue weighted by Crippen LogP contribution is -2.42. The molecule has 2 rings (SSSR count). The summed E-state index contributed by atoms with van der Waals surface area (Å²) in [6, 6.07) is 5.64. The fourth-order valence-corrected chi connectivity index (χ4v) is 3.25. The number of likely N-dealkylation sites (tertiary alicyclic amines) is 1. The first kappa shape index (κ1) is 15.7. The predicted octanol–water partition coefficient (Wildman–Crippen LogP) is 3.86. The highest BCUT2D eigenvalue weighted by molar-refractivity contribution is 6.30. The van der Waals surface area contributed by atoms with Gasteiger partial charge in [0.2, 0.25) is 0 Å². The Morgan fingerprint density at radius 2 is 2.20 bits per heavy atom. The summed E-state index contributed by atoms with van der Waals surface area (Å²) >= 11 is 5.87. The Morgan fingerprint density at radius 3 is 2.85 bits per heavy atom. The van der Waals surface area contributed by atoms with Crippen LogP contribution in [0.15, 0.2) is 18.2 Å². The molecule has 0 radical (unpaired) electrons. The van der Waals surface area contributed by atoms with Crippen molar-refractivity contribution < 1.29 is 4.39 Å². The quantitative estimate of drug-likeness (QED) is 0.908. The molecule has 2 atom stereocenters. The Bertz CT molecular complexity index is 450. The third-order valence-electron chi connectivity index (χ3n) is 4.08. The number of nitrogens with one attached hydrogen (secondary N) is 1. The van der Waals surface area contributed by atoms with Crippen molar-refractivity contribution in [2.24, 2.45) is 5.92 Å². The Labute approximate surface area is 126 Å². The molecule has 1 heterocycles. The molecule has 2 nitrogen and oxygen atoms in total. The van der Waals surface area contributed by atoms with Crippen molar-refractivity contribution in [3.8, 4) is 0 Å². The molecule has 0 aliphatic carbocycles. The van der Waals surface area contributed by atoms with Gasteiger partial charge in [-0.2, -0.15) is 0 Å². The molecule has 112 valence electrons. The Hall–Kier alpha value is -0.640. The van der Waals surface area contributed by atoms with E-state index >= 15 is 0 Å². The number of benzene rings is 1. The average Bonchev–Trinajstić information content (AvgIpc) is 2.37. The van der Waals surface area contributed by atoms with E-state index in [9.17, 15) is 4.39 Å². The molecule has 1 aromatic carbocycles. The van der Waals surface area contributed by atoms with Crippen molar-refractivity contribution in [2.45, 2.75) is 38.8 Å². The highest BCUT2D eigenvalue weighted by Crippen LogP contribution is 2.36. The minimum absolute atomic E-state index is 0.132. The minimum Gasteiger partial charge on any atom is -0.314 e. The first-order chi connectivity index (χ1) is 9.49. The molecule has 0 spiro atoms. The van der Waals surface area contributed by atoms with Gasteiger partial charge in [0.15, 0.2) is 0 Å². The number of halogens is 2. The van der Waals surface area contributed by atoms with Crippen molar-refractivity contribution in [1.29, 1.82) is 0 Å². The van der Waals surface area contributed by atoms with E-state index in [1.54, 1.807) is 6.07 Å². The van der Waals surface area contributed by atoms with Crippen molar-refractivity contribution in [2.75, 3.05) is 20.1 Å². The molecule has 20 heavy (non-hydrogen) atoms. The van der Waals surface area contributed by atoms with E-state index < -0.39 is 0 Å².